The first-order valence-electron chi connectivity index (χ1n) is 13.3. The molecule has 0 aliphatic rings. The Morgan fingerprint density at radius 2 is 1.31 bits per heavy atom. The van der Waals surface area contributed by atoms with Crippen molar-refractivity contribution in [1.82, 2.24) is 0 Å². The van der Waals surface area contributed by atoms with Crippen LogP contribution in [-0.2, 0) is 11.3 Å². The molecular formula is C32H60KOSi-. The van der Waals surface area contributed by atoms with Crippen molar-refractivity contribution < 1.29 is 56.1 Å². The van der Waals surface area contributed by atoms with Crippen LogP contribution in [0.5, 0.6) is 0 Å². The second-order valence-corrected chi connectivity index (χ2v) is 20.6. The Kier molecular flexibility index (Phi) is 15.2. The number of benzene rings is 1. The summed E-state index contributed by atoms with van der Waals surface area (Å²) in [4.78, 5) is 0. The molecule has 0 aliphatic carbocycles. The van der Waals surface area contributed by atoms with Crippen molar-refractivity contribution in [2.45, 2.75) is 129 Å². The molecule has 0 aromatic heterocycles. The molecule has 1 nitrogen and oxygen atoms in total. The van der Waals surface area contributed by atoms with Crippen LogP contribution in [0, 0.1) is 46.0 Å². The van der Waals surface area contributed by atoms with Crippen molar-refractivity contribution in [2.75, 3.05) is 6.61 Å². The third kappa shape index (κ3) is 10.3. The van der Waals surface area contributed by atoms with Crippen molar-refractivity contribution in [3.8, 4) is 0 Å². The van der Waals surface area contributed by atoms with Gasteiger partial charge in [0.15, 0.2) is 0 Å². The standard InChI is InChI=1S/C19H39.C13H21OSi.K/c1-14(2)16(6,7)18(10,11)19(12,13)17(8,9)15(3,4)5;1-12-6-5-7-13(10-12)11-14-8-9-15(2,3)4;/h1-13H3;5-6,10H,8-9,11H2,1-4H3;/q2*-1;+1. The van der Waals surface area contributed by atoms with Gasteiger partial charge in [0.1, 0.15) is 0 Å². The van der Waals surface area contributed by atoms with Gasteiger partial charge in [0.2, 0.25) is 0 Å². The monoisotopic (exact) mass is 527 g/mol. The normalized spacial score (nSPS) is 13.8. The zero-order valence-electron chi connectivity index (χ0n) is 27.3. The summed E-state index contributed by atoms with van der Waals surface area (Å²) in [6.07, 6.45) is 0. The molecule has 1 aromatic rings. The Morgan fingerprint density at radius 3 is 1.69 bits per heavy atom. The summed E-state index contributed by atoms with van der Waals surface area (Å²) in [6, 6.07) is 10.6. The van der Waals surface area contributed by atoms with Gasteiger partial charge in [-0.05, 0) is 22.3 Å². The van der Waals surface area contributed by atoms with Gasteiger partial charge in [-0.1, -0.05) is 108 Å². The van der Waals surface area contributed by atoms with Crippen LogP contribution in [0.25, 0.3) is 0 Å². The summed E-state index contributed by atoms with van der Waals surface area (Å²) in [7, 11) is -0.942. The van der Waals surface area contributed by atoms with Crippen LogP contribution in [-0.4, -0.2) is 14.7 Å². The maximum absolute atomic E-state index is 5.65. The van der Waals surface area contributed by atoms with E-state index in [1.807, 2.05) is 6.07 Å². The van der Waals surface area contributed by atoms with Gasteiger partial charge in [-0.2, -0.15) is 49.1 Å². The van der Waals surface area contributed by atoms with E-state index in [2.05, 4.69) is 135 Å². The number of aryl methyl sites for hydroxylation is 1. The predicted octanol–water partition coefficient (Wildman–Crippen LogP) is 7.41. The smallest absolute Gasteiger partial charge is 0.379 e. The molecule has 200 valence electrons. The second kappa shape index (κ2) is 13.9. The SMILES string of the molecule is C[C-](C)C(C)(C)C(C)(C)C(C)(C)C(C)(C)C(C)(C)C.Cc1cc[c-]c(COCC[Si](C)(C)C)c1.[K+]. The first kappa shape index (κ1) is 38.2. The zero-order valence-corrected chi connectivity index (χ0v) is 31.4. The average Bonchev–Trinajstić information content (AvgIpc) is 2.63. The molecule has 0 heterocycles. The quantitative estimate of drug-likeness (QED) is 0.185. The molecule has 3 heteroatoms. The summed E-state index contributed by atoms with van der Waals surface area (Å²) in [5.74, 6) is 1.52. The topological polar surface area (TPSA) is 9.23 Å². The van der Waals surface area contributed by atoms with Crippen LogP contribution >= 0.6 is 0 Å². The van der Waals surface area contributed by atoms with Crippen LogP contribution < -0.4 is 51.4 Å². The van der Waals surface area contributed by atoms with Gasteiger partial charge in [0, 0.05) is 21.3 Å². The zero-order chi connectivity index (χ0) is 27.4. The van der Waals surface area contributed by atoms with Gasteiger partial charge in [0.05, 0.1) is 0 Å². The fraction of sp³-hybridized carbons (Fsp3) is 0.781. The van der Waals surface area contributed by atoms with E-state index in [9.17, 15) is 0 Å². The average molecular weight is 528 g/mol. The summed E-state index contributed by atoms with van der Waals surface area (Å²) in [6.45, 7) is 42.0. The molecule has 0 bridgehead atoms. The maximum Gasteiger partial charge on any atom is 1.00 e. The molecule has 0 saturated carbocycles. The Morgan fingerprint density at radius 1 is 0.829 bits per heavy atom. The van der Waals surface area contributed by atoms with Crippen molar-refractivity contribution in [2.24, 2.45) is 27.1 Å². The fourth-order valence-corrected chi connectivity index (χ4v) is 5.17. The van der Waals surface area contributed by atoms with E-state index in [0.717, 1.165) is 12.2 Å². The first-order valence-corrected chi connectivity index (χ1v) is 17.0. The first-order chi connectivity index (χ1) is 14.9. The van der Waals surface area contributed by atoms with Crippen molar-refractivity contribution in [3.05, 3.63) is 41.3 Å². The molecule has 0 aliphatic heterocycles. The third-order valence-corrected chi connectivity index (χ3v) is 11.8. The van der Waals surface area contributed by atoms with Gasteiger partial charge in [-0.3, -0.25) is 0 Å². The Balaban J connectivity index is 0. The predicted molar refractivity (Wildman–Crippen MR) is 157 cm³/mol. The molecule has 0 fully saturated rings. The molecule has 1 aromatic carbocycles. The van der Waals surface area contributed by atoms with Crippen LogP contribution in [0.15, 0.2) is 18.2 Å². The fourth-order valence-electron chi connectivity index (χ4n) is 4.41. The summed E-state index contributed by atoms with van der Waals surface area (Å²) < 4.78 is 5.65. The Bertz CT molecular complexity index is 746. The second-order valence-electron chi connectivity index (χ2n) is 15.0. The molecule has 0 amide bonds. The van der Waals surface area contributed by atoms with Gasteiger partial charge in [-0.25, -0.2) is 0 Å². The summed E-state index contributed by atoms with van der Waals surface area (Å²) in [5, 5.41) is 0. The molecule has 0 saturated heterocycles. The molecule has 0 N–H and O–H groups in total. The largest absolute Gasteiger partial charge is 1.00 e. The van der Waals surface area contributed by atoms with E-state index in [0.29, 0.717) is 6.61 Å². The molecule has 0 unspecified atom stereocenters. The molecule has 0 spiro atoms. The van der Waals surface area contributed by atoms with Gasteiger partial charge < -0.3 is 10.7 Å². The molecule has 0 atom stereocenters. The molecule has 35 heavy (non-hydrogen) atoms. The molecule has 1 rings (SSSR count). The van der Waals surface area contributed by atoms with Crippen molar-refractivity contribution in [3.63, 3.8) is 0 Å². The minimum atomic E-state index is -0.942. The molecular weight excluding hydrogens is 468 g/mol. The minimum absolute atomic E-state index is 0. The van der Waals surface area contributed by atoms with Crippen LogP contribution in [0.2, 0.25) is 25.7 Å². The number of hydrogen-bond acceptors (Lipinski definition) is 1. The minimum Gasteiger partial charge on any atom is -0.379 e. The van der Waals surface area contributed by atoms with Crippen molar-refractivity contribution in [1.29, 1.82) is 0 Å². The molecule has 0 radical (unpaired) electrons. The van der Waals surface area contributed by atoms with Crippen molar-refractivity contribution >= 4 is 8.07 Å². The van der Waals surface area contributed by atoms with Gasteiger partial charge in [0.25, 0.3) is 0 Å². The van der Waals surface area contributed by atoms with E-state index in [4.69, 9.17) is 4.74 Å². The number of hydrogen-bond donors (Lipinski definition) is 0. The van der Waals surface area contributed by atoms with Crippen LogP contribution in [0.1, 0.15) is 101 Å². The van der Waals surface area contributed by atoms with Gasteiger partial charge in [-0.15, -0.1) is 5.56 Å². The van der Waals surface area contributed by atoms with Crippen LogP contribution in [0.3, 0.4) is 0 Å². The van der Waals surface area contributed by atoms with Crippen LogP contribution in [0.4, 0.5) is 0 Å². The van der Waals surface area contributed by atoms with E-state index in [-0.39, 0.29) is 78.5 Å². The van der Waals surface area contributed by atoms with E-state index < -0.39 is 8.07 Å². The Labute approximate surface area is 265 Å². The number of ether oxygens (including phenoxy) is 1. The van der Waals surface area contributed by atoms with E-state index >= 15 is 0 Å². The van der Waals surface area contributed by atoms with Gasteiger partial charge >= 0.3 is 51.4 Å². The third-order valence-electron chi connectivity index (χ3n) is 10.1. The maximum atomic E-state index is 5.65. The number of rotatable bonds is 9. The van der Waals surface area contributed by atoms with E-state index in [1.165, 1.54) is 17.5 Å². The Hall–Kier alpha value is 1.03. The van der Waals surface area contributed by atoms with E-state index in [1.54, 1.807) is 0 Å². The summed E-state index contributed by atoms with van der Waals surface area (Å²) >= 11 is 0. The summed E-state index contributed by atoms with van der Waals surface area (Å²) in [5.41, 5.74) is 3.62.